The van der Waals surface area contributed by atoms with E-state index in [9.17, 15) is 0 Å². The highest BCUT2D eigenvalue weighted by Crippen LogP contribution is 2.29. The first-order valence-corrected chi connectivity index (χ1v) is 6.98. The normalized spacial score (nSPS) is 20.9. The molecule has 0 spiro atoms. The maximum Gasteiger partial charge on any atom is 0.0875 e. The van der Waals surface area contributed by atoms with Crippen LogP contribution in [0.5, 0.6) is 0 Å². The highest BCUT2D eigenvalue weighted by atomic mass is 16.5. The Bertz CT molecular complexity index is 388. The number of hydrogen-bond acceptors (Lipinski definition) is 5. The Hall–Kier alpha value is -0.980. The third-order valence-corrected chi connectivity index (χ3v) is 3.66. The number of nitrogens with zero attached hydrogens (tertiary/aromatic N) is 3. The molecule has 2 N–H and O–H groups in total. The average molecular weight is 268 g/mol. The number of rotatable bonds is 7. The third-order valence-electron chi connectivity index (χ3n) is 3.66. The van der Waals surface area contributed by atoms with Crippen molar-refractivity contribution in [3.63, 3.8) is 0 Å². The van der Waals surface area contributed by atoms with E-state index in [0.29, 0.717) is 12.5 Å². The highest BCUT2D eigenvalue weighted by molar-refractivity contribution is 5.18. The number of aromatic nitrogens is 3. The fourth-order valence-corrected chi connectivity index (χ4v) is 2.56. The molecule has 19 heavy (non-hydrogen) atoms. The van der Waals surface area contributed by atoms with Crippen molar-refractivity contribution in [1.29, 1.82) is 0 Å². The maximum atomic E-state index is 5.67. The topological polar surface area (TPSA) is 75.2 Å². The molecule has 108 valence electrons. The molecule has 1 aromatic rings. The van der Waals surface area contributed by atoms with Crippen molar-refractivity contribution in [2.45, 2.75) is 38.1 Å². The van der Waals surface area contributed by atoms with Crippen LogP contribution in [0.1, 0.15) is 43.1 Å². The summed E-state index contributed by atoms with van der Waals surface area (Å²) in [6.07, 6.45) is 2.76. The largest absolute Gasteiger partial charge is 0.385 e. The summed E-state index contributed by atoms with van der Waals surface area (Å²) < 4.78 is 12.7. The molecule has 0 amide bonds. The molecule has 1 aliphatic rings. The molecule has 6 heteroatoms. The van der Waals surface area contributed by atoms with Crippen molar-refractivity contribution in [3.8, 4) is 0 Å². The molecular formula is C13H24N4O2. The van der Waals surface area contributed by atoms with Gasteiger partial charge in [-0.05, 0) is 26.3 Å². The molecule has 0 radical (unpaired) electrons. The lowest BCUT2D eigenvalue weighted by Crippen LogP contribution is -2.17. The predicted octanol–water partition coefficient (Wildman–Crippen LogP) is 0.881. The highest BCUT2D eigenvalue weighted by Gasteiger charge is 2.27. The second kappa shape index (κ2) is 6.98. The Kier molecular flexibility index (Phi) is 5.30. The van der Waals surface area contributed by atoms with E-state index in [-0.39, 0.29) is 6.04 Å². The van der Waals surface area contributed by atoms with E-state index in [0.717, 1.165) is 44.8 Å². The van der Waals surface area contributed by atoms with Crippen LogP contribution >= 0.6 is 0 Å². The molecule has 2 atom stereocenters. The molecule has 1 aromatic heterocycles. The van der Waals surface area contributed by atoms with Crippen molar-refractivity contribution in [1.82, 2.24) is 15.0 Å². The Labute approximate surface area is 114 Å². The minimum absolute atomic E-state index is 0.287. The SMILES string of the molecule is COCCC(C)n1nnc(CCN)c1C1CCOC1. The zero-order valence-corrected chi connectivity index (χ0v) is 11.8. The lowest BCUT2D eigenvalue weighted by Gasteiger charge is -2.18. The van der Waals surface area contributed by atoms with Gasteiger partial charge in [-0.1, -0.05) is 5.21 Å². The first-order valence-electron chi connectivity index (χ1n) is 6.98. The van der Waals surface area contributed by atoms with Gasteiger partial charge in [0.2, 0.25) is 0 Å². The quantitative estimate of drug-likeness (QED) is 0.794. The van der Waals surface area contributed by atoms with E-state index in [1.165, 1.54) is 5.69 Å². The summed E-state index contributed by atoms with van der Waals surface area (Å²) in [5.74, 6) is 0.404. The lowest BCUT2D eigenvalue weighted by molar-refractivity contribution is 0.176. The zero-order valence-electron chi connectivity index (χ0n) is 11.8. The van der Waals surface area contributed by atoms with Gasteiger partial charge in [0.1, 0.15) is 0 Å². The van der Waals surface area contributed by atoms with Gasteiger partial charge < -0.3 is 15.2 Å². The van der Waals surface area contributed by atoms with Crippen LogP contribution in [-0.2, 0) is 15.9 Å². The molecule has 0 aromatic carbocycles. The van der Waals surface area contributed by atoms with Crippen LogP contribution in [0, 0.1) is 0 Å². The zero-order chi connectivity index (χ0) is 13.7. The summed E-state index contributed by atoms with van der Waals surface area (Å²) >= 11 is 0. The number of ether oxygens (including phenoxy) is 2. The monoisotopic (exact) mass is 268 g/mol. The molecule has 0 saturated carbocycles. The lowest BCUT2D eigenvalue weighted by atomic mass is 10.0. The van der Waals surface area contributed by atoms with Gasteiger partial charge in [-0.15, -0.1) is 5.10 Å². The van der Waals surface area contributed by atoms with Crippen LogP contribution in [0.3, 0.4) is 0 Å². The van der Waals surface area contributed by atoms with Crippen LogP contribution in [0.25, 0.3) is 0 Å². The second-order valence-electron chi connectivity index (χ2n) is 5.10. The second-order valence-corrected chi connectivity index (χ2v) is 5.10. The predicted molar refractivity (Wildman–Crippen MR) is 72.2 cm³/mol. The summed E-state index contributed by atoms with van der Waals surface area (Å²) in [4.78, 5) is 0. The fourth-order valence-electron chi connectivity index (χ4n) is 2.56. The van der Waals surface area contributed by atoms with Gasteiger partial charge >= 0.3 is 0 Å². The van der Waals surface area contributed by atoms with E-state index < -0.39 is 0 Å². The Morgan fingerprint density at radius 3 is 3.05 bits per heavy atom. The first kappa shape index (κ1) is 14.4. The fraction of sp³-hybridized carbons (Fsp3) is 0.846. The first-order chi connectivity index (χ1) is 9.27. The number of methoxy groups -OCH3 is 1. The molecule has 2 unspecified atom stereocenters. The third kappa shape index (κ3) is 3.32. The van der Waals surface area contributed by atoms with Gasteiger partial charge in [0.15, 0.2) is 0 Å². The van der Waals surface area contributed by atoms with Crippen LogP contribution in [-0.4, -0.2) is 48.5 Å². The van der Waals surface area contributed by atoms with Crippen LogP contribution in [0.15, 0.2) is 0 Å². The van der Waals surface area contributed by atoms with Gasteiger partial charge in [-0.25, -0.2) is 4.68 Å². The Morgan fingerprint density at radius 2 is 2.42 bits per heavy atom. The standard InChI is InChI=1S/C13H24N4O2/c1-10(4-7-18-2)17-13(11-5-8-19-9-11)12(3-6-14)15-16-17/h10-11H,3-9,14H2,1-2H3. The van der Waals surface area contributed by atoms with Gasteiger partial charge in [-0.3, -0.25) is 0 Å². The van der Waals surface area contributed by atoms with E-state index >= 15 is 0 Å². The van der Waals surface area contributed by atoms with Gasteiger partial charge in [0.25, 0.3) is 0 Å². The Morgan fingerprint density at radius 1 is 1.58 bits per heavy atom. The molecule has 2 heterocycles. The van der Waals surface area contributed by atoms with Crippen LogP contribution < -0.4 is 5.73 Å². The summed E-state index contributed by atoms with van der Waals surface area (Å²) in [5, 5.41) is 8.65. The molecule has 1 saturated heterocycles. The van der Waals surface area contributed by atoms with Crippen molar-refractivity contribution in [2.24, 2.45) is 5.73 Å². The van der Waals surface area contributed by atoms with Crippen molar-refractivity contribution >= 4 is 0 Å². The van der Waals surface area contributed by atoms with Crippen molar-refractivity contribution in [2.75, 3.05) is 33.5 Å². The number of nitrogens with two attached hydrogens (primary N) is 1. The summed E-state index contributed by atoms with van der Waals surface area (Å²) in [6, 6.07) is 0.287. The average Bonchev–Trinajstić information content (AvgIpc) is 3.04. The molecular weight excluding hydrogens is 244 g/mol. The summed E-state index contributed by atoms with van der Waals surface area (Å²) in [5.41, 5.74) is 7.91. The molecule has 0 aliphatic carbocycles. The molecule has 6 nitrogen and oxygen atoms in total. The van der Waals surface area contributed by atoms with E-state index in [4.69, 9.17) is 15.2 Å². The maximum absolute atomic E-state index is 5.67. The van der Waals surface area contributed by atoms with E-state index in [1.54, 1.807) is 7.11 Å². The summed E-state index contributed by atoms with van der Waals surface area (Å²) in [6.45, 7) is 5.07. The minimum Gasteiger partial charge on any atom is -0.385 e. The molecule has 2 rings (SSSR count). The summed E-state index contributed by atoms with van der Waals surface area (Å²) in [7, 11) is 1.72. The Balaban J connectivity index is 2.21. The van der Waals surface area contributed by atoms with E-state index in [2.05, 4.69) is 17.2 Å². The molecule has 1 fully saturated rings. The number of hydrogen-bond donors (Lipinski definition) is 1. The van der Waals surface area contributed by atoms with Gasteiger partial charge in [0.05, 0.1) is 24.0 Å². The van der Waals surface area contributed by atoms with Gasteiger partial charge in [-0.2, -0.15) is 0 Å². The minimum atomic E-state index is 0.287. The van der Waals surface area contributed by atoms with Crippen LogP contribution in [0.2, 0.25) is 0 Å². The van der Waals surface area contributed by atoms with Gasteiger partial charge in [0, 0.05) is 32.7 Å². The van der Waals surface area contributed by atoms with Crippen molar-refractivity contribution in [3.05, 3.63) is 11.4 Å². The van der Waals surface area contributed by atoms with E-state index in [1.807, 2.05) is 4.68 Å². The van der Waals surface area contributed by atoms with Crippen molar-refractivity contribution < 1.29 is 9.47 Å². The molecule has 0 bridgehead atoms. The molecule has 1 aliphatic heterocycles. The van der Waals surface area contributed by atoms with Crippen LogP contribution in [0.4, 0.5) is 0 Å². The smallest absolute Gasteiger partial charge is 0.0875 e.